The molecule has 4 atom stereocenters. The highest BCUT2D eigenvalue weighted by molar-refractivity contribution is 6.72. The number of hydrogen-bond donors (Lipinski definition) is 0. The van der Waals surface area contributed by atoms with E-state index in [1.165, 1.54) is 0 Å². The molecule has 0 saturated carbocycles. The van der Waals surface area contributed by atoms with Gasteiger partial charge in [0.25, 0.3) is 0 Å². The van der Waals surface area contributed by atoms with Gasteiger partial charge in [0.15, 0.2) is 0 Å². The average molecular weight is 260 g/mol. The van der Waals surface area contributed by atoms with Gasteiger partial charge < -0.3 is 18.3 Å². The summed E-state index contributed by atoms with van der Waals surface area (Å²) in [6.07, 6.45) is 2.70. The first-order chi connectivity index (χ1) is 8.23. The third kappa shape index (κ3) is 2.44. The molecule has 2 rings (SSSR count). The Morgan fingerprint density at radius 3 is 1.47 bits per heavy atom. The van der Waals surface area contributed by atoms with Crippen LogP contribution in [0.15, 0.2) is 0 Å². The van der Waals surface area contributed by atoms with Crippen molar-refractivity contribution in [1.82, 2.24) is 0 Å². The van der Waals surface area contributed by atoms with E-state index in [1.807, 2.05) is 13.8 Å². The van der Waals surface area contributed by atoms with Gasteiger partial charge in [0.2, 0.25) is 0 Å². The second kappa shape index (κ2) is 5.36. The smallest absolute Gasteiger partial charge is 0.391 e. The fourth-order valence-electron chi connectivity index (χ4n) is 2.60. The van der Waals surface area contributed by atoms with Gasteiger partial charge >= 0.3 is 8.56 Å². The van der Waals surface area contributed by atoms with E-state index in [2.05, 4.69) is 13.8 Å². The van der Waals surface area contributed by atoms with E-state index < -0.39 is 8.56 Å². The van der Waals surface area contributed by atoms with Crippen LogP contribution in [0, 0.1) is 0 Å². The Bertz CT molecular complexity index is 235. The van der Waals surface area contributed by atoms with Crippen molar-refractivity contribution in [3.63, 3.8) is 0 Å². The predicted molar refractivity (Wildman–Crippen MR) is 66.9 cm³/mol. The Hall–Kier alpha value is 0.0569. The fraction of sp³-hybridized carbons (Fsp3) is 1.00. The Morgan fingerprint density at radius 1 is 0.824 bits per heavy atom. The third-order valence-corrected chi connectivity index (χ3v) is 7.58. The van der Waals surface area contributed by atoms with Crippen molar-refractivity contribution in [2.45, 2.75) is 64.2 Å². The van der Waals surface area contributed by atoms with Gasteiger partial charge in [-0.2, -0.15) is 0 Å². The average Bonchev–Trinajstić information content (AvgIpc) is 3.21. The summed E-state index contributed by atoms with van der Waals surface area (Å²) >= 11 is 0. The fourth-order valence-corrected chi connectivity index (χ4v) is 6.80. The quantitative estimate of drug-likeness (QED) is 0.494. The van der Waals surface area contributed by atoms with Crippen molar-refractivity contribution in [3.05, 3.63) is 0 Å². The van der Waals surface area contributed by atoms with Gasteiger partial charge in [0.05, 0.1) is 12.2 Å². The standard InChI is InChI=1S/C12H24O4Si/c1-5-9-11(15-9)17(13-7-3,14-8-4)12-10(6-2)16-12/h9-12H,5-8H2,1-4H3. The molecule has 0 amide bonds. The van der Waals surface area contributed by atoms with E-state index >= 15 is 0 Å². The maximum absolute atomic E-state index is 6.05. The third-order valence-electron chi connectivity index (χ3n) is 3.50. The van der Waals surface area contributed by atoms with Gasteiger partial charge in [-0.05, 0) is 26.7 Å². The highest BCUT2D eigenvalue weighted by atomic mass is 28.4. The van der Waals surface area contributed by atoms with E-state index in [0.29, 0.717) is 25.4 Å². The molecular weight excluding hydrogens is 236 g/mol. The van der Waals surface area contributed by atoms with Crippen LogP contribution in [0.3, 0.4) is 0 Å². The van der Waals surface area contributed by atoms with Crippen LogP contribution >= 0.6 is 0 Å². The second-order valence-corrected chi connectivity index (χ2v) is 7.75. The first-order valence-electron chi connectivity index (χ1n) is 6.82. The lowest BCUT2D eigenvalue weighted by Crippen LogP contribution is -2.55. The van der Waals surface area contributed by atoms with Crippen LogP contribution < -0.4 is 0 Å². The maximum Gasteiger partial charge on any atom is 0.403 e. The summed E-state index contributed by atoms with van der Waals surface area (Å²) < 4.78 is 23.6. The van der Waals surface area contributed by atoms with E-state index in [4.69, 9.17) is 18.3 Å². The van der Waals surface area contributed by atoms with Crippen LogP contribution in [0.2, 0.25) is 0 Å². The number of hydrogen-bond acceptors (Lipinski definition) is 4. The molecule has 2 saturated heterocycles. The monoisotopic (exact) mass is 260 g/mol. The van der Waals surface area contributed by atoms with E-state index in [9.17, 15) is 0 Å². The molecule has 0 N–H and O–H groups in total. The molecular formula is C12H24O4Si. The lowest BCUT2D eigenvalue weighted by atomic mass is 10.4. The Balaban J connectivity index is 2.09. The minimum atomic E-state index is -2.34. The van der Waals surface area contributed by atoms with Crippen molar-refractivity contribution in [2.75, 3.05) is 13.2 Å². The summed E-state index contributed by atoms with van der Waals surface area (Å²) in [5.41, 5.74) is 0.350. The summed E-state index contributed by atoms with van der Waals surface area (Å²) in [6.45, 7) is 9.69. The number of epoxide rings is 2. The van der Waals surface area contributed by atoms with E-state index in [0.717, 1.165) is 12.8 Å². The molecule has 4 unspecified atom stereocenters. The van der Waals surface area contributed by atoms with Crippen molar-refractivity contribution < 1.29 is 18.3 Å². The summed E-state index contributed by atoms with van der Waals surface area (Å²) in [6, 6.07) is 0. The van der Waals surface area contributed by atoms with Gasteiger partial charge in [-0.15, -0.1) is 0 Å². The maximum atomic E-state index is 6.05. The molecule has 2 heterocycles. The summed E-state index contributed by atoms with van der Waals surface area (Å²) in [4.78, 5) is 0. The normalized spacial score (nSPS) is 36.0. The molecule has 0 bridgehead atoms. The summed E-state index contributed by atoms with van der Waals surface area (Å²) in [7, 11) is -2.34. The van der Waals surface area contributed by atoms with Gasteiger partial charge in [-0.1, -0.05) is 13.8 Å². The van der Waals surface area contributed by atoms with Gasteiger partial charge in [0, 0.05) is 13.2 Å². The number of rotatable bonds is 8. The van der Waals surface area contributed by atoms with Crippen LogP contribution in [0.25, 0.3) is 0 Å². The minimum absolute atomic E-state index is 0.175. The van der Waals surface area contributed by atoms with Crippen molar-refractivity contribution in [2.24, 2.45) is 0 Å². The Labute approximate surface area is 105 Å². The van der Waals surface area contributed by atoms with E-state index in [-0.39, 0.29) is 11.5 Å². The molecule has 5 heteroatoms. The first kappa shape index (κ1) is 13.5. The largest absolute Gasteiger partial charge is 0.403 e. The Morgan fingerprint density at radius 2 is 1.24 bits per heavy atom. The summed E-state index contributed by atoms with van der Waals surface area (Å²) in [5, 5.41) is 0. The van der Waals surface area contributed by atoms with Gasteiger partial charge in [-0.3, -0.25) is 0 Å². The molecule has 0 aromatic heterocycles. The molecule has 0 radical (unpaired) electrons. The molecule has 2 fully saturated rings. The topological polar surface area (TPSA) is 43.5 Å². The highest BCUT2D eigenvalue weighted by Gasteiger charge is 2.71. The van der Waals surface area contributed by atoms with Crippen molar-refractivity contribution in [1.29, 1.82) is 0 Å². The molecule has 0 spiro atoms. The van der Waals surface area contributed by atoms with Gasteiger partial charge in [0.1, 0.15) is 11.5 Å². The van der Waals surface area contributed by atoms with Crippen molar-refractivity contribution >= 4 is 8.56 Å². The molecule has 0 aliphatic carbocycles. The first-order valence-corrected chi connectivity index (χ1v) is 8.79. The SMILES string of the molecule is CCO[Si](OCC)(C1OC1CC)C1OC1CC. The van der Waals surface area contributed by atoms with Crippen LogP contribution in [-0.4, -0.2) is 45.4 Å². The van der Waals surface area contributed by atoms with Crippen LogP contribution in [0.4, 0.5) is 0 Å². The molecule has 17 heavy (non-hydrogen) atoms. The second-order valence-electron chi connectivity index (χ2n) is 4.59. The molecule has 100 valence electrons. The lowest BCUT2D eigenvalue weighted by Gasteiger charge is -2.27. The van der Waals surface area contributed by atoms with Crippen LogP contribution in [-0.2, 0) is 18.3 Å². The lowest BCUT2D eigenvalue weighted by molar-refractivity contribution is 0.156. The molecule has 2 aliphatic heterocycles. The molecule has 0 aromatic rings. The van der Waals surface area contributed by atoms with E-state index in [1.54, 1.807) is 0 Å². The molecule has 2 aliphatic rings. The van der Waals surface area contributed by atoms with Crippen molar-refractivity contribution in [3.8, 4) is 0 Å². The zero-order valence-electron chi connectivity index (χ0n) is 11.3. The molecule has 4 nitrogen and oxygen atoms in total. The highest BCUT2D eigenvalue weighted by Crippen LogP contribution is 2.44. The zero-order chi connectivity index (χ0) is 12.5. The predicted octanol–water partition coefficient (Wildman–Crippen LogP) is 1.93. The van der Waals surface area contributed by atoms with Gasteiger partial charge in [-0.25, -0.2) is 0 Å². The van der Waals surface area contributed by atoms with Crippen LogP contribution in [0.5, 0.6) is 0 Å². The number of ether oxygens (including phenoxy) is 2. The zero-order valence-corrected chi connectivity index (χ0v) is 12.3. The summed E-state index contributed by atoms with van der Waals surface area (Å²) in [5.74, 6) is 0. The Kier molecular flexibility index (Phi) is 4.25. The molecule has 0 aromatic carbocycles. The minimum Gasteiger partial charge on any atom is -0.391 e. The van der Waals surface area contributed by atoms with Crippen LogP contribution in [0.1, 0.15) is 40.5 Å².